The van der Waals surface area contributed by atoms with Crippen LogP contribution in [0.1, 0.15) is 31.7 Å². The van der Waals surface area contributed by atoms with E-state index in [-0.39, 0.29) is 0 Å². The maximum absolute atomic E-state index is 5.77. The van der Waals surface area contributed by atoms with E-state index in [0.717, 1.165) is 18.5 Å². The summed E-state index contributed by atoms with van der Waals surface area (Å²) in [7, 11) is 0. The standard InChI is InChI=1S/C14H20N2/c1-2-3-7-12-16-14(15)11-10-13-8-5-4-6-9-13/h4-6,8-11H,2-3,7,12H2,1H3,(H2,15,16). The van der Waals surface area contributed by atoms with E-state index in [0.29, 0.717) is 5.84 Å². The van der Waals surface area contributed by atoms with E-state index in [4.69, 9.17) is 5.73 Å². The van der Waals surface area contributed by atoms with Gasteiger partial charge in [-0.05, 0) is 18.1 Å². The molecule has 0 saturated heterocycles. The van der Waals surface area contributed by atoms with E-state index in [9.17, 15) is 0 Å². The van der Waals surface area contributed by atoms with Crippen LogP contribution < -0.4 is 5.73 Å². The van der Waals surface area contributed by atoms with Crippen molar-refractivity contribution in [1.82, 2.24) is 0 Å². The molecule has 0 unspecified atom stereocenters. The van der Waals surface area contributed by atoms with Gasteiger partial charge in [0.2, 0.25) is 0 Å². The third kappa shape index (κ3) is 5.35. The number of nitrogens with zero attached hydrogens (tertiary/aromatic N) is 1. The Morgan fingerprint density at radius 3 is 2.69 bits per heavy atom. The lowest BCUT2D eigenvalue weighted by molar-refractivity contribution is 0.728. The highest BCUT2D eigenvalue weighted by Gasteiger charge is 1.87. The van der Waals surface area contributed by atoms with Crippen LogP contribution in [0.5, 0.6) is 0 Å². The number of aliphatic imine (C=N–C) groups is 1. The minimum absolute atomic E-state index is 0.611. The lowest BCUT2D eigenvalue weighted by Gasteiger charge is -1.95. The minimum atomic E-state index is 0.611. The van der Waals surface area contributed by atoms with Gasteiger partial charge in [0.25, 0.3) is 0 Å². The van der Waals surface area contributed by atoms with E-state index in [1.165, 1.54) is 12.8 Å². The average Bonchev–Trinajstić information content (AvgIpc) is 2.33. The molecule has 0 aromatic heterocycles. The molecule has 0 radical (unpaired) electrons. The average molecular weight is 216 g/mol. The second-order valence-electron chi connectivity index (χ2n) is 3.76. The van der Waals surface area contributed by atoms with Crippen molar-refractivity contribution in [3.63, 3.8) is 0 Å². The first-order valence-corrected chi connectivity index (χ1v) is 5.86. The number of unbranched alkanes of at least 4 members (excludes halogenated alkanes) is 2. The molecular weight excluding hydrogens is 196 g/mol. The predicted molar refractivity (Wildman–Crippen MR) is 71.5 cm³/mol. The second kappa shape index (κ2) is 7.69. The topological polar surface area (TPSA) is 38.4 Å². The molecule has 1 rings (SSSR count). The lowest BCUT2D eigenvalue weighted by Crippen LogP contribution is -2.08. The largest absolute Gasteiger partial charge is 0.384 e. The highest BCUT2D eigenvalue weighted by atomic mass is 14.8. The molecule has 2 nitrogen and oxygen atoms in total. The fourth-order valence-electron chi connectivity index (χ4n) is 1.37. The van der Waals surface area contributed by atoms with Crippen LogP contribution >= 0.6 is 0 Å². The van der Waals surface area contributed by atoms with Gasteiger partial charge in [-0.25, -0.2) is 0 Å². The van der Waals surface area contributed by atoms with Crippen LogP contribution in [-0.4, -0.2) is 12.4 Å². The van der Waals surface area contributed by atoms with E-state index >= 15 is 0 Å². The number of hydrogen-bond acceptors (Lipinski definition) is 1. The summed E-state index contributed by atoms with van der Waals surface area (Å²) in [5, 5.41) is 0. The monoisotopic (exact) mass is 216 g/mol. The number of rotatable bonds is 6. The molecule has 2 heteroatoms. The van der Waals surface area contributed by atoms with E-state index in [2.05, 4.69) is 11.9 Å². The van der Waals surface area contributed by atoms with Crippen LogP contribution in [0.25, 0.3) is 6.08 Å². The van der Waals surface area contributed by atoms with Crippen molar-refractivity contribution >= 4 is 11.9 Å². The molecule has 1 aromatic rings. The summed E-state index contributed by atoms with van der Waals surface area (Å²) >= 11 is 0. The van der Waals surface area contributed by atoms with Gasteiger partial charge in [-0.3, -0.25) is 4.99 Å². The van der Waals surface area contributed by atoms with Gasteiger partial charge in [0.1, 0.15) is 5.84 Å². The second-order valence-corrected chi connectivity index (χ2v) is 3.76. The first kappa shape index (κ1) is 12.5. The predicted octanol–water partition coefficient (Wildman–Crippen LogP) is 3.25. The summed E-state index contributed by atoms with van der Waals surface area (Å²) in [6.45, 7) is 3.02. The summed E-state index contributed by atoms with van der Waals surface area (Å²) in [6, 6.07) is 10.1. The van der Waals surface area contributed by atoms with E-state index in [1.54, 1.807) is 0 Å². The first-order valence-electron chi connectivity index (χ1n) is 5.86. The Hall–Kier alpha value is -1.57. The third-order valence-electron chi connectivity index (χ3n) is 2.30. The molecule has 0 bridgehead atoms. The Kier molecular flexibility index (Phi) is 6.00. The van der Waals surface area contributed by atoms with E-state index in [1.807, 2.05) is 42.5 Å². The molecule has 1 aromatic carbocycles. The number of amidine groups is 1. The highest BCUT2D eigenvalue weighted by molar-refractivity contribution is 5.95. The Labute approximate surface area is 97.9 Å². The Balaban J connectivity index is 2.38. The number of benzene rings is 1. The fourth-order valence-corrected chi connectivity index (χ4v) is 1.37. The van der Waals surface area contributed by atoms with Crippen LogP contribution in [0.2, 0.25) is 0 Å². The minimum Gasteiger partial charge on any atom is -0.384 e. The number of hydrogen-bond donors (Lipinski definition) is 1. The first-order chi connectivity index (χ1) is 7.83. The van der Waals surface area contributed by atoms with E-state index < -0.39 is 0 Å². The van der Waals surface area contributed by atoms with Crippen molar-refractivity contribution in [3.8, 4) is 0 Å². The van der Waals surface area contributed by atoms with Crippen LogP contribution in [0, 0.1) is 0 Å². The van der Waals surface area contributed by atoms with Crippen molar-refractivity contribution in [3.05, 3.63) is 42.0 Å². The highest BCUT2D eigenvalue weighted by Crippen LogP contribution is 2.00. The maximum atomic E-state index is 5.77. The van der Waals surface area contributed by atoms with Gasteiger partial charge < -0.3 is 5.73 Å². The molecule has 86 valence electrons. The van der Waals surface area contributed by atoms with Crippen molar-refractivity contribution < 1.29 is 0 Å². The smallest absolute Gasteiger partial charge is 0.118 e. The van der Waals surface area contributed by atoms with Crippen molar-refractivity contribution in [2.75, 3.05) is 6.54 Å². The number of nitrogens with two attached hydrogens (primary N) is 1. The molecule has 0 heterocycles. The Bertz CT molecular complexity index is 339. The van der Waals surface area contributed by atoms with Gasteiger partial charge in [0.15, 0.2) is 0 Å². The maximum Gasteiger partial charge on any atom is 0.118 e. The molecule has 0 amide bonds. The molecular formula is C14H20N2. The molecule has 2 N–H and O–H groups in total. The van der Waals surface area contributed by atoms with Gasteiger partial charge in [0.05, 0.1) is 0 Å². The van der Waals surface area contributed by atoms with Crippen molar-refractivity contribution in [2.45, 2.75) is 26.2 Å². The zero-order chi connectivity index (χ0) is 11.6. The zero-order valence-corrected chi connectivity index (χ0v) is 9.89. The summed E-state index contributed by atoms with van der Waals surface area (Å²) in [5.74, 6) is 0.611. The molecule has 0 atom stereocenters. The van der Waals surface area contributed by atoms with Crippen LogP contribution in [0.3, 0.4) is 0 Å². The quantitative estimate of drug-likeness (QED) is 0.442. The summed E-state index contributed by atoms with van der Waals surface area (Å²) in [4.78, 5) is 4.28. The normalized spacial score (nSPS) is 12.2. The molecule has 16 heavy (non-hydrogen) atoms. The summed E-state index contributed by atoms with van der Waals surface area (Å²) in [6.07, 6.45) is 7.41. The van der Waals surface area contributed by atoms with Crippen molar-refractivity contribution in [2.24, 2.45) is 10.7 Å². The summed E-state index contributed by atoms with van der Waals surface area (Å²) < 4.78 is 0. The van der Waals surface area contributed by atoms with Crippen LogP contribution in [0.4, 0.5) is 0 Å². The Morgan fingerprint density at radius 1 is 1.25 bits per heavy atom. The lowest BCUT2D eigenvalue weighted by atomic mass is 10.2. The van der Waals surface area contributed by atoms with Gasteiger partial charge in [0, 0.05) is 6.54 Å². The molecule has 0 aliphatic carbocycles. The van der Waals surface area contributed by atoms with Gasteiger partial charge in [-0.15, -0.1) is 0 Å². The van der Waals surface area contributed by atoms with Gasteiger partial charge in [-0.2, -0.15) is 0 Å². The molecule has 0 saturated carbocycles. The molecule has 0 aliphatic heterocycles. The van der Waals surface area contributed by atoms with Gasteiger partial charge >= 0.3 is 0 Å². The van der Waals surface area contributed by atoms with Gasteiger partial charge in [-0.1, -0.05) is 56.2 Å². The SMILES string of the molecule is CCCCCN=C(N)C=Cc1ccccc1. The Morgan fingerprint density at radius 2 is 2.00 bits per heavy atom. The molecule has 0 aliphatic rings. The van der Waals surface area contributed by atoms with Crippen LogP contribution in [-0.2, 0) is 0 Å². The zero-order valence-electron chi connectivity index (χ0n) is 9.89. The summed E-state index contributed by atoms with van der Waals surface area (Å²) in [5.41, 5.74) is 6.91. The fraction of sp³-hybridized carbons (Fsp3) is 0.357. The molecule has 0 fully saturated rings. The van der Waals surface area contributed by atoms with Crippen molar-refractivity contribution in [1.29, 1.82) is 0 Å². The molecule has 0 spiro atoms. The van der Waals surface area contributed by atoms with Crippen LogP contribution in [0.15, 0.2) is 41.4 Å². The third-order valence-corrected chi connectivity index (χ3v) is 2.30.